The summed E-state index contributed by atoms with van der Waals surface area (Å²) in [6.07, 6.45) is 0. The molecule has 2 aromatic carbocycles. The Kier molecular flexibility index (Phi) is 5.76. The number of rotatable bonds is 3. The molecule has 0 aliphatic carbocycles. The van der Waals surface area contributed by atoms with Crippen LogP contribution in [0.15, 0.2) is 59.5 Å². The summed E-state index contributed by atoms with van der Waals surface area (Å²) in [7, 11) is -3.88. The van der Waals surface area contributed by atoms with Gasteiger partial charge in [0.25, 0.3) is 15.9 Å². The maximum Gasteiger partial charge on any atom is 1.00 e. The molecular weight excluding hydrogens is 287 g/mol. The Morgan fingerprint density at radius 3 is 2.10 bits per heavy atom. The average Bonchev–Trinajstić information content (AvgIpc) is 2.40. The molecule has 2 aromatic rings. The van der Waals surface area contributed by atoms with E-state index in [-0.39, 0.29) is 41.4 Å². The molecule has 100 valence electrons. The van der Waals surface area contributed by atoms with Crippen LogP contribution in [0.5, 0.6) is 0 Å². The number of nitrogens with one attached hydrogen (secondary N) is 1. The average molecular weight is 300 g/mol. The number of amides is 1. The van der Waals surface area contributed by atoms with E-state index < -0.39 is 15.9 Å². The molecule has 0 heterocycles. The Bertz CT molecular complexity index is 691. The van der Waals surface area contributed by atoms with Gasteiger partial charge in [-0.05, 0) is 36.4 Å². The van der Waals surface area contributed by atoms with Crippen molar-refractivity contribution >= 4 is 21.6 Å². The summed E-state index contributed by atoms with van der Waals surface area (Å²) in [5.74, 6) is -0.669. The zero-order chi connectivity index (χ0) is 13.9. The molecule has 0 saturated carbocycles. The van der Waals surface area contributed by atoms with Crippen molar-refractivity contribution in [1.82, 2.24) is 4.72 Å². The summed E-state index contributed by atoms with van der Waals surface area (Å²) in [5, 5.41) is 0. The molecule has 3 N–H and O–H groups in total. The molecule has 0 fully saturated rings. The molecule has 1 amide bonds. The van der Waals surface area contributed by atoms with Gasteiger partial charge in [0.1, 0.15) is 0 Å². The van der Waals surface area contributed by atoms with Crippen LogP contribution in [0.1, 0.15) is 11.8 Å². The number of anilines is 1. The minimum absolute atomic E-state index is 0. The third-order valence-electron chi connectivity index (χ3n) is 2.45. The molecule has 0 radical (unpaired) electrons. The van der Waals surface area contributed by atoms with E-state index in [0.717, 1.165) is 0 Å². The van der Waals surface area contributed by atoms with E-state index in [9.17, 15) is 13.2 Å². The van der Waals surface area contributed by atoms with E-state index >= 15 is 0 Å². The Labute approximate surface area is 141 Å². The normalized spacial score (nSPS) is 10.4. The first-order valence-electron chi connectivity index (χ1n) is 5.47. The molecule has 0 saturated heterocycles. The van der Waals surface area contributed by atoms with Crippen molar-refractivity contribution in [3.05, 3.63) is 60.2 Å². The second kappa shape index (κ2) is 6.90. The van der Waals surface area contributed by atoms with Gasteiger partial charge in [-0.1, -0.05) is 18.2 Å². The van der Waals surface area contributed by atoms with Gasteiger partial charge in [0.15, 0.2) is 0 Å². The minimum Gasteiger partial charge on any atom is -1.00 e. The number of carbonyl (C=O) groups excluding carboxylic acids is 1. The van der Waals surface area contributed by atoms with Crippen molar-refractivity contribution in [2.45, 2.75) is 4.90 Å². The van der Waals surface area contributed by atoms with Crippen LogP contribution >= 0.6 is 0 Å². The summed E-state index contributed by atoms with van der Waals surface area (Å²) in [6, 6.07) is 13.7. The van der Waals surface area contributed by atoms with Crippen LogP contribution in [0.2, 0.25) is 0 Å². The summed E-state index contributed by atoms with van der Waals surface area (Å²) in [6.45, 7) is 0. The van der Waals surface area contributed by atoms with Crippen LogP contribution in [-0.2, 0) is 10.0 Å². The molecule has 0 bridgehead atoms. The van der Waals surface area contributed by atoms with Crippen LogP contribution in [0.25, 0.3) is 0 Å². The van der Waals surface area contributed by atoms with Gasteiger partial charge in [0.2, 0.25) is 0 Å². The van der Waals surface area contributed by atoms with Crippen molar-refractivity contribution < 1.29 is 44.2 Å². The number of hydrogen-bond donors (Lipinski definition) is 2. The fraction of sp³-hybridized carbons (Fsp3) is 0. The maximum atomic E-state index is 12.0. The van der Waals surface area contributed by atoms with Crippen molar-refractivity contribution in [2.24, 2.45) is 0 Å². The summed E-state index contributed by atoms with van der Waals surface area (Å²) in [5.41, 5.74) is 6.21. The fourth-order valence-corrected chi connectivity index (χ4v) is 2.45. The smallest absolute Gasteiger partial charge is 1.00 e. The van der Waals surface area contributed by atoms with Gasteiger partial charge in [-0.2, -0.15) is 0 Å². The molecule has 0 aliphatic rings. The number of nitrogens with two attached hydrogens (primary N) is 1. The zero-order valence-corrected chi connectivity index (χ0v) is 13.7. The van der Waals surface area contributed by atoms with Crippen LogP contribution in [0.4, 0.5) is 5.69 Å². The van der Waals surface area contributed by atoms with Crippen molar-refractivity contribution in [3.63, 3.8) is 0 Å². The van der Waals surface area contributed by atoms with Crippen molar-refractivity contribution in [1.29, 1.82) is 0 Å². The van der Waals surface area contributed by atoms with Crippen molar-refractivity contribution in [2.75, 3.05) is 5.73 Å². The molecule has 0 atom stereocenters. The first-order chi connectivity index (χ1) is 8.99. The van der Waals surface area contributed by atoms with Gasteiger partial charge in [0, 0.05) is 11.3 Å². The Morgan fingerprint density at radius 2 is 1.55 bits per heavy atom. The Hall–Kier alpha value is -1.34. The minimum atomic E-state index is -3.88. The molecule has 0 unspecified atom stereocenters. The number of hydrogen-bond acceptors (Lipinski definition) is 4. The van der Waals surface area contributed by atoms with Gasteiger partial charge >= 0.3 is 29.6 Å². The Balaban J connectivity index is 0.00000200. The van der Waals surface area contributed by atoms with Gasteiger partial charge < -0.3 is 7.16 Å². The van der Waals surface area contributed by atoms with Crippen LogP contribution in [0.3, 0.4) is 0 Å². The summed E-state index contributed by atoms with van der Waals surface area (Å²) < 4.78 is 25.9. The molecule has 20 heavy (non-hydrogen) atoms. The summed E-state index contributed by atoms with van der Waals surface area (Å²) in [4.78, 5) is 11.8. The zero-order valence-electron chi connectivity index (χ0n) is 11.9. The van der Waals surface area contributed by atoms with Gasteiger partial charge in [-0.15, -0.1) is 0 Å². The first kappa shape index (κ1) is 16.7. The van der Waals surface area contributed by atoms with E-state index in [1.54, 1.807) is 18.2 Å². The predicted molar refractivity (Wildman–Crippen MR) is 73.1 cm³/mol. The topological polar surface area (TPSA) is 89.3 Å². The van der Waals surface area contributed by atoms with E-state index in [1.165, 1.54) is 36.4 Å². The molecule has 0 spiro atoms. The Morgan fingerprint density at radius 1 is 1.00 bits per heavy atom. The van der Waals surface area contributed by atoms with E-state index in [0.29, 0.717) is 5.69 Å². The number of sulfonamides is 1. The largest absolute Gasteiger partial charge is 1.00 e. The quantitative estimate of drug-likeness (QED) is 0.533. The predicted octanol–water partition coefficient (Wildman–Crippen LogP) is -1.50. The van der Waals surface area contributed by atoms with Crippen LogP contribution in [-0.4, -0.2) is 14.3 Å². The standard InChI is InChI=1S/C13H12N2O3S.Na.H/c14-11-6-8-12(9-7-11)19(17,18)15-13(16)10-4-2-1-3-5-10;;/h1-9H,14H2,(H,15,16);;/q;+1;-1. The molecule has 0 aliphatic heterocycles. The SMILES string of the molecule is Nc1ccc(S(=O)(=O)NC(=O)c2ccccc2)cc1.[H-].[Na+]. The van der Waals surface area contributed by atoms with Gasteiger partial charge in [-0.3, -0.25) is 4.79 Å². The third kappa shape index (κ3) is 4.08. The monoisotopic (exact) mass is 300 g/mol. The second-order valence-electron chi connectivity index (χ2n) is 3.87. The number of nitrogen functional groups attached to an aromatic ring is 1. The summed E-state index contributed by atoms with van der Waals surface area (Å²) >= 11 is 0. The molecular formula is C13H13N2NaO3S. The molecule has 0 aromatic heterocycles. The van der Waals surface area contributed by atoms with Crippen molar-refractivity contribution in [3.8, 4) is 0 Å². The van der Waals surface area contributed by atoms with E-state index in [4.69, 9.17) is 5.73 Å². The van der Waals surface area contributed by atoms with E-state index in [1.807, 2.05) is 4.72 Å². The van der Waals surface area contributed by atoms with Crippen LogP contribution in [0, 0.1) is 0 Å². The number of carbonyl (C=O) groups is 1. The maximum absolute atomic E-state index is 12.0. The number of benzene rings is 2. The molecule has 5 nitrogen and oxygen atoms in total. The van der Waals surface area contributed by atoms with E-state index in [2.05, 4.69) is 0 Å². The van der Waals surface area contributed by atoms with Gasteiger partial charge in [0.05, 0.1) is 4.90 Å². The van der Waals surface area contributed by atoms with Gasteiger partial charge in [-0.25, -0.2) is 13.1 Å². The second-order valence-corrected chi connectivity index (χ2v) is 5.55. The van der Waals surface area contributed by atoms with Crippen LogP contribution < -0.4 is 40.0 Å². The fourth-order valence-electron chi connectivity index (χ4n) is 1.48. The first-order valence-corrected chi connectivity index (χ1v) is 6.95. The third-order valence-corrected chi connectivity index (χ3v) is 3.80. The molecule has 7 heteroatoms. The molecule has 2 rings (SSSR count).